The number of nitrogens with zero attached hydrogens (tertiary/aromatic N) is 2. The molecule has 0 fully saturated rings. The van der Waals surface area contributed by atoms with Gasteiger partial charge in [0.2, 0.25) is 0 Å². The zero-order valence-electron chi connectivity index (χ0n) is 12.4. The van der Waals surface area contributed by atoms with Gasteiger partial charge in [-0.1, -0.05) is 23.4 Å². The van der Waals surface area contributed by atoms with Crippen LogP contribution in [0.5, 0.6) is 11.5 Å². The number of carbonyl (C=O) groups excluding carboxylic acids is 1. The van der Waals surface area contributed by atoms with E-state index in [0.717, 1.165) is 5.69 Å². The zero-order valence-corrected chi connectivity index (χ0v) is 14.0. The van der Waals surface area contributed by atoms with Crippen LogP contribution in [-0.2, 0) is 0 Å². The number of carbonyl (C=O) groups is 1. The van der Waals surface area contributed by atoms with Crippen LogP contribution in [0.2, 0.25) is 5.02 Å². The molecule has 1 aromatic heterocycles. The minimum atomic E-state index is -0.312. The molecule has 0 amide bonds. The lowest BCUT2D eigenvalue weighted by molar-refractivity contribution is 0.102. The molecule has 0 aliphatic heterocycles. The van der Waals surface area contributed by atoms with Crippen molar-refractivity contribution >= 4 is 29.1 Å². The molecule has 0 aliphatic carbocycles. The molecule has 5 nitrogen and oxygen atoms in total. The van der Waals surface area contributed by atoms with E-state index in [4.69, 9.17) is 11.6 Å². The Morgan fingerprint density at radius 1 is 1.12 bits per heavy atom. The summed E-state index contributed by atoms with van der Waals surface area (Å²) >= 11 is 7.19. The number of hydrogen-bond acceptors (Lipinski definition) is 5. The van der Waals surface area contributed by atoms with Crippen LogP contribution < -0.4 is 0 Å². The highest BCUT2D eigenvalue weighted by atomic mass is 35.5. The van der Waals surface area contributed by atoms with Gasteiger partial charge in [0.15, 0.2) is 22.4 Å². The first kappa shape index (κ1) is 16.4. The SMILES string of the molecule is O=C(CSc1nccn1-c1ccc(Cl)cc1)c1ccc(O)c(O)c1. The van der Waals surface area contributed by atoms with Crippen molar-refractivity contribution in [1.29, 1.82) is 0 Å². The smallest absolute Gasteiger partial charge is 0.173 e. The molecule has 0 spiro atoms. The monoisotopic (exact) mass is 360 g/mol. The highest BCUT2D eigenvalue weighted by molar-refractivity contribution is 7.99. The third kappa shape index (κ3) is 3.55. The highest BCUT2D eigenvalue weighted by Gasteiger charge is 2.12. The van der Waals surface area contributed by atoms with Crippen molar-refractivity contribution in [3.63, 3.8) is 0 Å². The van der Waals surface area contributed by atoms with Crippen LogP contribution in [0, 0.1) is 0 Å². The Morgan fingerprint density at radius 2 is 1.88 bits per heavy atom. The number of Topliss-reactive ketones (excluding diaryl/α,β-unsaturated/α-hetero) is 1. The Morgan fingerprint density at radius 3 is 2.58 bits per heavy atom. The maximum Gasteiger partial charge on any atom is 0.173 e. The van der Waals surface area contributed by atoms with Crippen LogP contribution in [0.1, 0.15) is 10.4 Å². The van der Waals surface area contributed by atoms with Crippen molar-refractivity contribution in [2.75, 3.05) is 5.75 Å². The molecule has 122 valence electrons. The topological polar surface area (TPSA) is 75.4 Å². The predicted octanol–water partition coefficient (Wildman–Crippen LogP) is 3.91. The van der Waals surface area contributed by atoms with Gasteiger partial charge in [-0.15, -0.1) is 0 Å². The van der Waals surface area contributed by atoms with Gasteiger partial charge in [-0.25, -0.2) is 4.98 Å². The summed E-state index contributed by atoms with van der Waals surface area (Å²) in [5, 5.41) is 20.1. The largest absolute Gasteiger partial charge is 0.504 e. The van der Waals surface area contributed by atoms with E-state index in [-0.39, 0.29) is 23.0 Å². The van der Waals surface area contributed by atoms with Crippen LogP contribution in [0.15, 0.2) is 60.0 Å². The van der Waals surface area contributed by atoms with Gasteiger partial charge in [0.25, 0.3) is 0 Å². The van der Waals surface area contributed by atoms with Crippen LogP contribution in [0.4, 0.5) is 0 Å². The molecule has 0 saturated heterocycles. The van der Waals surface area contributed by atoms with Crippen molar-refractivity contribution in [2.45, 2.75) is 5.16 Å². The number of aromatic hydroxyl groups is 2. The summed E-state index contributed by atoms with van der Waals surface area (Å²) in [5.41, 5.74) is 1.23. The fourth-order valence-electron chi connectivity index (χ4n) is 2.11. The van der Waals surface area contributed by atoms with E-state index in [2.05, 4.69) is 4.98 Å². The van der Waals surface area contributed by atoms with Gasteiger partial charge >= 0.3 is 0 Å². The second kappa shape index (κ2) is 6.98. The quantitative estimate of drug-likeness (QED) is 0.410. The average molecular weight is 361 g/mol. The number of phenols is 2. The molecule has 0 radical (unpaired) electrons. The Kier molecular flexibility index (Phi) is 4.78. The molecule has 0 atom stereocenters. The first-order chi connectivity index (χ1) is 11.5. The maximum absolute atomic E-state index is 12.2. The highest BCUT2D eigenvalue weighted by Crippen LogP contribution is 2.27. The fraction of sp³-hybridized carbons (Fsp3) is 0.0588. The normalized spacial score (nSPS) is 10.7. The molecule has 2 aromatic carbocycles. The van der Waals surface area contributed by atoms with Gasteiger partial charge in [0.05, 0.1) is 5.75 Å². The second-order valence-electron chi connectivity index (χ2n) is 4.97. The molecule has 3 rings (SSSR count). The van der Waals surface area contributed by atoms with E-state index < -0.39 is 0 Å². The van der Waals surface area contributed by atoms with E-state index in [1.54, 1.807) is 18.3 Å². The number of hydrogen-bond donors (Lipinski definition) is 2. The Balaban J connectivity index is 1.73. The number of aromatic nitrogens is 2. The van der Waals surface area contributed by atoms with Crippen molar-refractivity contribution in [3.05, 3.63) is 65.4 Å². The summed E-state index contributed by atoms with van der Waals surface area (Å²) in [6.45, 7) is 0. The molecule has 7 heteroatoms. The first-order valence-corrected chi connectivity index (χ1v) is 8.38. The van der Waals surface area contributed by atoms with Crippen molar-refractivity contribution in [2.24, 2.45) is 0 Å². The predicted molar refractivity (Wildman–Crippen MR) is 93.4 cm³/mol. The van der Waals surface area contributed by atoms with Gasteiger partial charge in [-0.3, -0.25) is 9.36 Å². The van der Waals surface area contributed by atoms with E-state index in [0.29, 0.717) is 15.7 Å². The minimum Gasteiger partial charge on any atom is -0.504 e. The second-order valence-corrected chi connectivity index (χ2v) is 6.35. The number of imidazole rings is 1. The molecular weight excluding hydrogens is 348 g/mol. The molecule has 24 heavy (non-hydrogen) atoms. The number of ketones is 1. The molecule has 2 N–H and O–H groups in total. The number of rotatable bonds is 5. The molecule has 0 saturated carbocycles. The molecule has 0 bridgehead atoms. The number of benzene rings is 2. The number of halogens is 1. The lowest BCUT2D eigenvalue weighted by Crippen LogP contribution is -2.04. The average Bonchev–Trinajstić information content (AvgIpc) is 3.04. The van der Waals surface area contributed by atoms with Gasteiger partial charge in [0.1, 0.15) is 0 Å². The van der Waals surface area contributed by atoms with Crippen LogP contribution in [-0.4, -0.2) is 31.3 Å². The Bertz CT molecular complexity index is 878. The van der Waals surface area contributed by atoms with E-state index >= 15 is 0 Å². The molecular formula is C17H13ClN2O3S. The van der Waals surface area contributed by atoms with Gasteiger partial charge in [-0.05, 0) is 42.5 Å². The van der Waals surface area contributed by atoms with Gasteiger partial charge in [0, 0.05) is 28.7 Å². The van der Waals surface area contributed by atoms with Crippen LogP contribution in [0.3, 0.4) is 0 Å². The van der Waals surface area contributed by atoms with E-state index in [1.807, 2.05) is 22.9 Å². The Labute approximate surface area is 147 Å². The maximum atomic E-state index is 12.2. The molecule has 0 unspecified atom stereocenters. The lowest BCUT2D eigenvalue weighted by Gasteiger charge is -2.07. The Hall–Kier alpha value is -2.44. The van der Waals surface area contributed by atoms with E-state index in [1.165, 1.54) is 30.0 Å². The van der Waals surface area contributed by atoms with E-state index in [9.17, 15) is 15.0 Å². The standard InChI is InChI=1S/C17H13ClN2O3S/c18-12-2-4-13(5-3-12)20-8-7-19-17(20)24-10-16(23)11-1-6-14(21)15(22)9-11/h1-9,21-22H,10H2. The number of phenolic OH excluding ortho intramolecular Hbond substituents is 2. The summed E-state index contributed by atoms with van der Waals surface area (Å²) in [4.78, 5) is 16.5. The zero-order chi connectivity index (χ0) is 17.1. The van der Waals surface area contributed by atoms with Crippen molar-refractivity contribution < 1.29 is 15.0 Å². The minimum absolute atomic E-state index is 0.162. The summed E-state index contributed by atoms with van der Waals surface area (Å²) in [6.07, 6.45) is 3.47. The third-order valence-electron chi connectivity index (χ3n) is 3.34. The van der Waals surface area contributed by atoms with Crippen molar-refractivity contribution in [1.82, 2.24) is 9.55 Å². The number of thioether (sulfide) groups is 1. The molecule has 0 aliphatic rings. The first-order valence-electron chi connectivity index (χ1n) is 7.02. The summed E-state index contributed by atoms with van der Waals surface area (Å²) in [7, 11) is 0. The van der Waals surface area contributed by atoms with Gasteiger partial charge in [-0.2, -0.15) is 0 Å². The fourth-order valence-corrected chi connectivity index (χ4v) is 3.10. The lowest BCUT2D eigenvalue weighted by atomic mass is 10.1. The molecule has 3 aromatic rings. The van der Waals surface area contributed by atoms with Crippen LogP contribution in [0.25, 0.3) is 5.69 Å². The summed E-state index contributed by atoms with van der Waals surface area (Å²) < 4.78 is 1.86. The molecule has 1 heterocycles. The van der Waals surface area contributed by atoms with Crippen molar-refractivity contribution in [3.8, 4) is 17.2 Å². The summed E-state index contributed by atoms with van der Waals surface area (Å²) in [5.74, 6) is -0.568. The summed E-state index contributed by atoms with van der Waals surface area (Å²) in [6, 6.07) is 11.3. The van der Waals surface area contributed by atoms with Gasteiger partial charge < -0.3 is 10.2 Å². The van der Waals surface area contributed by atoms with Crippen LogP contribution >= 0.6 is 23.4 Å². The third-order valence-corrected chi connectivity index (χ3v) is 4.56.